The molecule has 0 aliphatic carbocycles. The Morgan fingerprint density at radius 1 is 1.07 bits per heavy atom. The van der Waals surface area contributed by atoms with Crippen molar-refractivity contribution in [1.82, 2.24) is 4.90 Å². The second kappa shape index (κ2) is 8.12. The maximum atomic E-state index is 5.91. The molecule has 0 aromatic carbocycles. The van der Waals surface area contributed by atoms with Gasteiger partial charge >= 0.3 is 0 Å². The maximum absolute atomic E-state index is 5.91. The zero-order chi connectivity index (χ0) is 11.8. The van der Waals surface area contributed by atoms with Crippen LogP contribution in [0, 0.1) is 5.92 Å². The molecular formula is C13H30N2. The highest BCUT2D eigenvalue weighted by molar-refractivity contribution is 4.71. The molecule has 15 heavy (non-hydrogen) atoms. The van der Waals surface area contributed by atoms with Crippen molar-refractivity contribution < 1.29 is 0 Å². The van der Waals surface area contributed by atoms with Gasteiger partial charge in [0.15, 0.2) is 0 Å². The van der Waals surface area contributed by atoms with Gasteiger partial charge < -0.3 is 10.6 Å². The Kier molecular flexibility index (Phi) is 8.07. The Balaban J connectivity index is 3.93. The molecule has 92 valence electrons. The number of nitrogens with zero attached hydrogens (tertiary/aromatic N) is 1. The minimum absolute atomic E-state index is 0.303. The second-order valence-electron chi connectivity index (χ2n) is 5.13. The first kappa shape index (κ1) is 14.9. The molecule has 0 bridgehead atoms. The molecule has 2 N–H and O–H groups in total. The summed E-state index contributed by atoms with van der Waals surface area (Å²) in [6.45, 7) is 13.5. The van der Waals surface area contributed by atoms with Gasteiger partial charge in [0.1, 0.15) is 0 Å². The molecule has 0 amide bonds. The van der Waals surface area contributed by atoms with Gasteiger partial charge in [-0.3, -0.25) is 0 Å². The van der Waals surface area contributed by atoms with Gasteiger partial charge in [-0.1, -0.05) is 26.7 Å². The fourth-order valence-corrected chi connectivity index (χ4v) is 1.66. The van der Waals surface area contributed by atoms with Gasteiger partial charge in [0.25, 0.3) is 0 Å². The van der Waals surface area contributed by atoms with Crippen LogP contribution in [0.4, 0.5) is 0 Å². The highest BCUT2D eigenvalue weighted by atomic mass is 15.1. The Bertz CT molecular complexity index is 143. The quantitative estimate of drug-likeness (QED) is 0.630. The van der Waals surface area contributed by atoms with E-state index in [2.05, 4.69) is 39.5 Å². The van der Waals surface area contributed by atoms with Gasteiger partial charge in [-0.15, -0.1) is 0 Å². The van der Waals surface area contributed by atoms with E-state index in [4.69, 9.17) is 5.73 Å². The van der Waals surface area contributed by atoms with Crippen LogP contribution in [-0.2, 0) is 0 Å². The fourth-order valence-electron chi connectivity index (χ4n) is 1.66. The predicted octanol–water partition coefficient (Wildman–Crippen LogP) is 2.87. The lowest BCUT2D eigenvalue weighted by Gasteiger charge is -2.30. The first-order valence-corrected chi connectivity index (χ1v) is 6.48. The number of nitrogens with two attached hydrogens (primary N) is 1. The SMILES string of the molecule is CCCCCN(CC(C)C(C)N)C(C)C. The van der Waals surface area contributed by atoms with E-state index in [1.807, 2.05) is 0 Å². The van der Waals surface area contributed by atoms with Crippen molar-refractivity contribution in [3.05, 3.63) is 0 Å². The smallest absolute Gasteiger partial charge is 0.00483 e. The molecule has 0 aliphatic heterocycles. The summed E-state index contributed by atoms with van der Waals surface area (Å²) in [5.74, 6) is 0.592. The Morgan fingerprint density at radius 3 is 2.07 bits per heavy atom. The molecule has 2 unspecified atom stereocenters. The van der Waals surface area contributed by atoms with Crippen molar-refractivity contribution >= 4 is 0 Å². The molecule has 0 saturated carbocycles. The summed E-state index contributed by atoms with van der Waals surface area (Å²) in [5, 5.41) is 0. The zero-order valence-electron chi connectivity index (χ0n) is 11.3. The largest absolute Gasteiger partial charge is 0.328 e. The Hall–Kier alpha value is -0.0800. The first-order valence-electron chi connectivity index (χ1n) is 6.48. The molecule has 0 spiro atoms. The van der Waals surface area contributed by atoms with Crippen molar-refractivity contribution in [3.63, 3.8) is 0 Å². The summed E-state index contributed by atoms with van der Waals surface area (Å²) in [6, 6.07) is 0.945. The molecule has 0 aromatic rings. The number of rotatable bonds is 8. The molecule has 0 radical (unpaired) electrons. The van der Waals surface area contributed by atoms with E-state index in [9.17, 15) is 0 Å². The van der Waals surface area contributed by atoms with Crippen LogP contribution >= 0.6 is 0 Å². The summed E-state index contributed by atoms with van der Waals surface area (Å²) in [6.07, 6.45) is 3.96. The van der Waals surface area contributed by atoms with E-state index in [-0.39, 0.29) is 0 Å². The van der Waals surface area contributed by atoms with Crippen LogP contribution in [0.25, 0.3) is 0 Å². The molecule has 0 aromatic heterocycles. The predicted molar refractivity (Wildman–Crippen MR) is 69.0 cm³/mol. The van der Waals surface area contributed by atoms with Crippen molar-refractivity contribution in [2.45, 2.75) is 66.0 Å². The molecule has 0 heterocycles. The van der Waals surface area contributed by atoms with Gasteiger partial charge in [0, 0.05) is 18.6 Å². The molecule has 0 fully saturated rings. The Labute approximate surface area is 96.2 Å². The Morgan fingerprint density at radius 2 is 1.67 bits per heavy atom. The molecule has 0 rings (SSSR count). The van der Waals surface area contributed by atoms with E-state index >= 15 is 0 Å². The minimum atomic E-state index is 0.303. The van der Waals surface area contributed by atoms with Gasteiger partial charge in [-0.25, -0.2) is 0 Å². The van der Waals surface area contributed by atoms with E-state index in [0.717, 1.165) is 6.54 Å². The van der Waals surface area contributed by atoms with E-state index in [1.165, 1.54) is 25.8 Å². The van der Waals surface area contributed by atoms with Crippen LogP contribution in [0.15, 0.2) is 0 Å². The van der Waals surface area contributed by atoms with E-state index in [0.29, 0.717) is 18.0 Å². The van der Waals surface area contributed by atoms with Crippen LogP contribution in [0.3, 0.4) is 0 Å². The average Bonchev–Trinajstić information content (AvgIpc) is 2.15. The van der Waals surface area contributed by atoms with Crippen molar-refractivity contribution in [2.24, 2.45) is 11.7 Å². The van der Waals surface area contributed by atoms with Crippen LogP contribution in [-0.4, -0.2) is 30.1 Å². The molecule has 0 aliphatic rings. The summed E-state index contributed by atoms with van der Waals surface area (Å²) >= 11 is 0. The summed E-state index contributed by atoms with van der Waals surface area (Å²) in [5.41, 5.74) is 5.91. The molecular weight excluding hydrogens is 184 g/mol. The molecule has 2 atom stereocenters. The van der Waals surface area contributed by atoms with Crippen LogP contribution in [0.1, 0.15) is 53.9 Å². The molecule has 2 nitrogen and oxygen atoms in total. The lowest BCUT2D eigenvalue weighted by Crippen LogP contribution is -2.40. The fraction of sp³-hybridized carbons (Fsp3) is 1.00. The van der Waals surface area contributed by atoms with E-state index < -0.39 is 0 Å². The topological polar surface area (TPSA) is 29.3 Å². The van der Waals surface area contributed by atoms with Gasteiger partial charge in [-0.2, -0.15) is 0 Å². The standard InChI is InChI=1S/C13H30N2/c1-6-7-8-9-15(11(2)3)10-12(4)13(5)14/h11-13H,6-10,14H2,1-5H3. The van der Waals surface area contributed by atoms with Gasteiger partial charge in [0.05, 0.1) is 0 Å². The number of hydrogen-bond donors (Lipinski definition) is 1. The lowest BCUT2D eigenvalue weighted by atomic mass is 10.0. The van der Waals surface area contributed by atoms with E-state index in [1.54, 1.807) is 0 Å². The number of unbranched alkanes of at least 4 members (excludes halogenated alkanes) is 2. The van der Waals surface area contributed by atoms with Crippen LogP contribution in [0.2, 0.25) is 0 Å². The van der Waals surface area contributed by atoms with Crippen LogP contribution in [0.5, 0.6) is 0 Å². The highest BCUT2D eigenvalue weighted by Gasteiger charge is 2.15. The monoisotopic (exact) mass is 214 g/mol. The maximum Gasteiger partial charge on any atom is 0.00483 e. The second-order valence-corrected chi connectivity index (χ2v) is 5.13. The van der Waals surface area contributed by atoms with Gasteiger partial charge in [-0.05, 0) is 39.7 Å². The van der Waals surface area contributed by atoms with Crippen molar-refractivity contribution in [1.29, 1.82) is 0 Å². The van der Waals surface area contributed by atoms with Crippen LogP contribution < -0.4 is 5.73 Å². The summed E-state index contributed by atoms with van der Waals surface area (Å²) in [4.78, 5) is 2.56. The highest BCUT2D eigenvalue weighted by Crippen LogP contribution is 2.09. The lowest BCUT2D eigenvalue weighted by molar-refractivity contribution is 0.180. The van der Waals surface area contributed by atoms with Crippen molar-refractivity contribution in [3.8, 4) is 0 Å². The van der Waals surface area contributed by atoms with Crippen molar-refractivity contribution in [2.75, 3.05) is 13.1 Å². The minimum Gasteiger partial charge on any atom is -0.328 e. The number of hydrogen-bond acceptors (Lipinski definition) is 2. The molecule has 2 heteroatoms. The third-order valence-corrected chi connectivity index (χ3v) is 3.20. The zero-order valence-corrected chi connectivity index (χ0v) is 11.3. The third kappa shape index (κ3) is 6.91. The average molecular weight is 214 g/mol. The first-order chi connectivity index (χ1) is 6.99. The third-order valence-electron chi connectivity index (χ3n) is 3.20. The van der Waals surface area contributed by atoms with Gasteiger partial charge in [0.2, 0.25) is 0 Å². The summed E-state index contributed by atoms with van der Waals surface area (Å²) < 4.78 is 0. The molecule has 0 saturated heterocycles. The summed E-state index contributed by atoms with van der Waals surface area (Å²) in [7, 11) is 0. The normalized spacial score (nSPS) is 16.0.